The predicted molar refractivity (Wildman–Crippen MR) is 189 cm³/mol. The highest BCUT2D eigenvalue weighted by atomic mass is 32.2. The van der Waals surface area contributed by atoms with Gasteiger partial charge in [-0.3, -0.25) is 5.32 Å². The van der Waals surface area contributed by atoms with E-state index in [4.69, 9.17) is 9.47 Å². The number of carbonyl (C=O) groups excluding carboxylic acids is 2. The summed E-state index contributed by atoms with van der Waals surface area (Å²) < 4.78 is 41.2. The Morgan fingerprint density at radius 2 is 1.81 bits per heavy atom. The van der Waals surface area contributed by atoms with Crippen LogP contribution in [-0.4, -0.2) is 90.6 Å². The van der Waals surface area contributed by atoms with Crippen molar-refractivity contribution in [2.24, 2.45) is 0 Å². The lowest BCUT2D eigenvalue weighted by Gasteiger charge is -2.31. The third kappa shape index (κ3) is 10.0. The first-order valence-corrected chi connectivity index (χ1v) is 19.7. The molecule has 258 valence electrons. The number of likely N-dealkylation sites (N-methyl/N-ethyl adjacent to an activating group) is 1. The van der Waals surface area contributed by atoms with Gasteiger partial charge in [-0.05, 0) is 58.5 Å². The van der Waals surface area contributed by atoms with Gasteiger partial charge in [-0.2, -0.15) is 0 Å². The van der Waals surface area contributed by atoms with Crippen molar-refractivity contribution in [1.29, 1.82) is 0 Å². The first-order chi connectivity index (χ1) is 22.9. The maximum Gasteiger partial charge on any atom is 0.411 e. The molecule has 2 radical (unpaired) electrons. The molecule has 2 saturated heterocycles. The standard InChI is InChI=1S/C33H44N6O6S2Si/c1-33(2,3)37-47(42,43)28-19-24(36-32(41)44-22-29-38(4)15-8-18-48-29)11-12-26(28)27-21-34-30(46-27)39-16-13-25(14-17-39)45-31(40)35-20-23-9-6-5-7-10-23/h5-7,9-12,19,21,25,29,37H,8,13-18,20,22H2,1-4H3,(H,35,40)(H,36,41)/t29-/m0/s1. The van der Waals surface area contributed by atoms with Crippen LogP contribution in [0.1, 0.15) is 45.6 Å². The molecule has 0 unspecified atom stereocenters. The van der Waals surface area contributed by atoms with Gasteiger partial charge < -0.3 is 24.6 Å². The maximum absolute atomic E-state index is 13.7. The predicted octanol–water partition coefficient (Wildman–Crippen LogP) is 5.11. The molecule has 3 N–H and O–H groups in total. The fraction of sp³-hybridized carbons (Fsp3) is 0.485. The summed E-state index contributed by atoms with van der Waals surface area (Å²) in [5.41, 5.74) is 1.27. The second kappa shape index (κ2) is 15.8. The van der Waals surface area contributed by atoms with E-state index in [1.807, 2.05) is 37.4 Å². The van der Waals surface area contributed by atoms with E-state index in [0.717, 1.165) is 29.7 Å². The van der Waals surface area contributed by atoms with E-state index in [9.17, 15) is 18.0 Å². The molecule has 3 heterocycles. The van der Waals surface area contributed by atoms with Gasteiger partial charge in [-0.15, -0.1) is 0 Å². The molecule has 2 aliphatic heterocycles. The highest BCUT2D eigenvalue weighted by Crippen LogP contribution is 2.37. The lowest BCUT2D eigenvalue weighted by molar-refractivity contribution is 0.0828. The molecular weight excluding hydrogens is 669 g/mol. The first kappa shape index (κ1) is 35.8. The second-order valence-electron chi connectivity index (χ2n) is 13.0. The number of aromatic nitrogens is 1. The van der Waals surface area contributed by atoms with Crippen LogP contribution in [0.25, 0.3) is 10.4 Å². The molecule has 48 heavy (non-hydrogen) atoms. The molecule has 12 nitrogen and oxygen atoms in total. The van der Waals surface area contributed by atoms with Gasteiger partial charge in [0.25, 0.3) is 0 Å². The van der Waals surface area contributed by atoms with Crippen LogP contribution in [-0.2, 0) is 26.0 Å². The van der Waals surface area contributed by atoms with Gasteiger partial charge in [0.1, 0.15) is 12.7 Å². The highest BCUT2D eigenvalue weighted by molar-refractivity contribution is 7.89. The number of carbonyl (C=O) groups is 2. The van der Waals surface area contributed by atoms with E-state index < -0.39 is 27.7 Å². The summed E-state index contributed by atoms with van der Waals surface area (Å²) in [6, 6.07) is 15.6. The van der Waals surface area contributed by atoms with Crippen LogP contribution in [0.15, 0.2) is 59.6 Å². The Hall–Kier alpha value is -3.50. The molecule has 15 heteroatoms. The van der Waals surface area contributed by atoms with E-state index in [1.54, 1.807) is 39.1 Å². The van der Waals surface area contributed by atoms with Crippen molar-refractivity contribution in [1.82, 2.24) is 19.9 Å². The van der Waals surface area contributed by atoms with Gasteiger partial charge in [0, 0.05) is 61.1 Å². The van der Waals surface area contributed by atoms with Crippen molar-refractivity contribution in [2.45, 2.75) is 74.8 Å². The van der Waals surface area contributed by atoms with E-state index in [2.05, 4.69) is 30.1 Å². The number of piperidine rings is 1. The molecule has 0 spiro atoms. The number of benzene rings is 2. The summed E-state index contributed by atoms with van der Waals surface area (Å²) >= 11 is 1.39. The summed E-state index contributed by atoms with van der Waals surface area (Å²) in [7, 11) is -1.25. The summed E-state index contributed by atoms with van der Waals surface area (Å²) in [6.07, 6.45) is 2.86. The Morgan fingerprint density at radius 3 is 2.52 bits per heavy atom. The molecule has 1 atom stereocenters. The Labute approximate surface area is 289 Å². The van der Waals surface area contributed by atoms with Crippen molar-refractivity contribution < 1.29 is 27.5 Å². The van der Waals surface area contributed by atoms with Crippen LogP contribution >= 0.6 is 11.3 Å². The quantitative estimate of drug-likeness (QED) is 0.245. The van der Waals surface area contributed by atoms with Gasteiger partial charge in [0.2, 0.25) is 10.0 Å². The van der Waals surface area contributed by atoms with Crippen molar-refractivity contribution >= 4 is 53.9 Å². The van der Waals surface area contributed by atoms with Crippen LogP contribution < -0.4 is 20.3 Å². The number of amides is 2. The molecule has 5 rings (SSSR count). The third-order valence-electron chi connectivity index (χ3n) is 7.95. The number of sulfonamides is 1. The number of rotatable bonds is 10. The number of hydrogen-bond acceptors (Lipinski definition) is 10. The molecule has 2 fully saturated rings. The minimum Gasteiger partial charge on any atom is -0.448 e. The molecule has 1 aromatic heterocycles. The minimum atomic E-state index is -3.99. The van der Waals surface area contributed by atoms with E-state index in [0.29, 0.717) is 58.1 Å². The molecule has 0 bridgehead atoms. The Kier molecular flexibility index (Phi) is 11.8. The first-order valence-electron chi connectivity index (χ1n) is 16.1. The number of nitrogens with zero attached hydrogens (tertiary/aromatic N) is 3. The maximum atomic E-state index is 13.7. The number of anilines is 2. The van der Waals surface area contributed by atoms with Crippen molar-refractivity contribution in [2.75, 3.05) is 43.5 Å². The van der Waals surface area contributed by atoms with Gasteiger partial charge in [-0.25, -0.2) is 27.7 Å². The monoisotopic (exact) mass is 712 g/mol. The summed E-state index contributed by atoms with van der Waals surface area (Å²) in [5, 5.41) is 6.27. The number of alkyl carbamates (subject to hydrolysis) is 1. The minimum absolute atomic E-state index is 0.0348. The smallest absolute Gasteiger partial charge is 0.411 e. The number of ether oxygens (including phenoxy) is 2. The average molecular weight is 713 g/mol. The van der Waals surface area contributed by atoms with E-state index in [1.165, 1.54) is 17.4 Å². The number of hydrogen-bond donors (Lipinski definition) is 3. The molecule has 2 aromatic carbocycles. The summed E-state index contributed by atoms with van der Waals surface area (Å²) in [5.74, 6) is 0. The summed E-state index contributed by atoms with van der Waals surface area (Å²) in [6.45, 7) is 8.28. The Morgan fingerprint density at radius 1 is 1.06 bits per heavy atom. The molecular formula is C33H44N6O6S2Si. The molecule has 0 aliphatic carbocycles. The van der Waals surface area contributed by atoms with Crippen LogP contribution in [0.3, 0.4) is 0 Å². The lowest BCUT2D eigenvalue weighted by Crippen LogP contribution is -2.44. The van der Waals surface area contributed by atoms with Crippen molar-refractivity contribution in [3.05, 3.63) is 60.3 Å². The Bertz CT molecular complexity index is 1660. The zero-order valence-electron chi connectivity index (χ0n) is 27.8. The number of thiazole rings is 1. The van der Waals surface area contributed by atoms with Gasteiger partial charge in [-0.1, -0.05) is 53.8 Å². The fourth-order valence-corrected chi connectivity index (χ4v) is 9.63. The lowest BCUT2D eigenvalue weighted by atomic mass is 10.1. The number of nitrogens with one attached hydrogen (secondary N) is 3. The zero-order chi connectivity index (χ0) is 34.3. The van der Waals surface area contributed by atoms with Crippen molar-refractivity contribution in [3.8, 4) is 10.4 Å². The fourth-order valence-electron chi connectivity index (χ4n) is 5.55. The zero-order valence-corrected chi connectivity index (χ0v) is 30.5. The van der Waals surface area contributed by atoms with Gasteiger partial charge in [0.05, 0.1) is 19.3 Å². The summed E-state index contributed by atoms with van der Waals surface area (Å²) in [4.78, 5) is 34.7. The average Bonchev–Trinajstić information content (AvgIpc) is 3.53. The van der Waals surface area contributed by atoms with Crippen LogP contribution in [0, 0.1) is 0 Å². The Balaban J connectivity index is 1.23. The van der Waals surface area contributed by atoms with E-state index in [-0.39, 0.29) is 23.3 Å². The van der Waals surface area contributed by atoms with Gasteiger partial charge in [0.15, 0.2) is 5.13 Å². The van der Waals surface area contributed by atoms with E-state index >= 15 is 0 Å². The molecule has 3 aromatic rings. The second-order valence-corrected chi connectivity index (χ2v) is 17.3. The van der Waals surface area contributed by atoms with Crippen molar-refractivity contribution in [3.63, 3.8) is 0 Å². The van der Waals surface area contributed by atoms with Crippen LogP contribution in [0.2, 0.25) is 6.04 Å². The SMILES string of the molecule is CN1CCC[Si][C@H]1COC(=O)Nc1ccc(-c2cnc(N3CCC(OC(=O)NCc4ccccc4)CC3)s2)c(S(=O)(=O)NC(C)(C)C)c1. The topological polar surface area (TPSA) is 142 Å². The molecule has 2 aliphatic rings. The molecule has 2 amide bonds. The van der Waals surface area contributed by atoms with Crippen LogP contribution in [0.4, 0.5) is 20.4 Å². The molecule has 0 saturated carbocycles. The third-order valence-corrected chi connectivity index (χ3v) is 12.6. The highest BCUT2D eigenvalue weighted by Gasteiger charge is 2.29. The normalized spacial score (nSPS) is 17.9. The largest absolute Gasteiger partial charge is 0.448 e. The van der Waals surface area contributed by atoms with Gasteiger partial charge >= 0.3 is 12.2 Å². The van der Waals surface area contributed by atoms with Crippen LogP contribution in [0.5, 0.6) is 0 Å².